The van der Waals surface area contributed by atoms with Gasteiger partial charge in [0.15, 0.2) is 0 Å². The Morgan fingerprint density at radius 2 is 2.38 bits per heavy atom. The molecule has 13 heavy (non-hydrogen) atoms. The molecule has 0 aliphatic carbocycles. The van der Waals surface area contributed by atoms with Crippen LogP contribution in [0.3, 0.4) is 0 Å². The predicted molar refractivity (Wildman–Crippen MR) is 60.0 cm³/mol. The summed E-state index contributed by atoms with van der Waals surface area (Å²) in [4.78, 5) is 6.73. The first-order valence-electron chi connectivity index (χ1n) is 4.56. The van der Waals surface area contributed by atoms with Gasteiger partial charge in [-0.2, -0.15) is 0 Å². The Morgan fingerprint density at radius 1 is 1.62 bits per heavy atom. The van der Waals surface area contributed by atoms with Crippen molar-refractivity contribution in [1.29, 1.82) is 0 Å². The molecule has 70 valence electrons. The van der Waals surface area contributed by atoms with Gasteiger partial charge in [0.25, 0.3) is 0 Å². The molecule has 2 aliphatic heterocycles. The summed E-state index contributed by atoms with van der Waals surface area (Å²) in [5.41, 5.74) is 1.37. The van der Waals surface area contributed by atoms with Crippen molar-refractivity contribution in [3.63, 3.8) is 0 Å². The van der Waals surface area contributed by atoms with Crippen LogP contribution in [0.15, 0.2) is 28.5 Å². The fourth-order valence-electron chi connectivity index (χ4n) is 1.61. The Kier molecular flexibility index (Phi) is 2.03. The second kappa shape index (κ2) is 2.95. The molecule has 2 heterocycles. The SMILES string of the molecule is CN1CCC2=C1N=CC(C)(P)C=C2. The van der Waals surface area contributed by atoms with E-state index in [1.54, 1.807) is 0 Å². The van der Waals surface area contributed by atoms with Gasteiger partial charge in [-0.3, -0.25) is 0 Å². The van der Waals surface area contributed by atoms with E-state index in [0.717, 1.165) is 18.8 Å². The van der Waals surface area contributed by atoms with Crippen LogP contribution in [0, 0.1) is 0 Å². The fourth-order valence-corrected chi connectivity index (χ4v) is 1.78. The number of rotatable bonds is 0. The van der Waals surface area contributed by atoms with Crippen LogP contribution in [0.25, 0.3) is 0 Å². The van der Waals surface area contributed by atoms with E-state index in [1.807, 2.05) is 6.21 Å². The van der Waals surface area contributed by atoms with Crippen molar-refractivity contribution < 1.29 is 0 Å². The molecule has 0 radical (unpaired) electrons. The van der Waals surface area contributed by atoms with E-state index in [1.165, 1.54) is 5.57 Å². The number of nitrogens with zero attached hydrogens (tertiary/aromatic N) is 2. The molecular formula is C10H15N2P. The van der Waals surface area contributed by atoms with E-state index in [0.29, 0.717) is 0 Å². The zero-order valence-corrected chi connectivity index (χ0v) is 9.27. The van der Waals surface area contributed by atoms with Crippen molar-refractivity contribution in [2.24, 2.45) is 4.99 Å². The first-order valence-corrected chi connectivity index (χ1v) is 5.14. The minimum absolute atomic E-state index is 0.0190. The third kappa shape index (κ3) is 1.68. The van der Waals surface area contributed by atoms with Crippen LogP contribution < -0.4 is 0 Å². The maximum atomic E-state index is 4.52. The second-order valence-corrected chi connectivity index (χ2v) is 5.22. The van der Waals surface area contributed by atoms with Crippen molar-refractivity contribution in [2.75, 3.05) is 13.6 Å². The average molecular weight is 194 g/mol. The van der Waals surface area contributed by atoms with Crippen LogP contribution in [0.2, 0.25) is 0 Å². The van der Waals surface area contributed by atoms with E-state index in [2.05, 4.69) is 45.3 Å². The van der Waals surface area contributed by atoms with Crippen molar-refractivity contribution in [3.05, 3.63) is 23.5 Å². The molecular weight excluding hydrogens is 179 g/mol. The fraction of sp³-hybridized carbons (Fsp3) is 0.500. The molecule has 0 fully saturated rings. The Bertz CT molecular complexity index is 313. The lowest BCUT2D eigenvalue weighted by Gasteiger charge is -2.14. The summed E-state index contributed by atoms with van der Waals surface area (Å²) >= 11 is 0. The summed E-state index contributed by atoms with van der Waals surface area (Å²) in [6, 6.07) is 0. The zero-order chi connectivity index (χ0) is 9.47. The Hall–Kier alpha value is -0.620. The highest BCUT2D eigenvalue weighted by atomic mass is 31.0. The lowest BCUT2D eigenvalue weighted by atomic mass is 10.1. The highest BCUT2D eigenvalue weighted by molar-refractivity contribution is 7.21. The minimum Gasteiger partial charge on any atom is -0.359 e. The molecule has 2 unspecified atom stereocenters. The quantitative estimate of drug-likeness (QED) is 0.537. The standard InChI is InChI=1S/C10H15N2P/c1-10(13)5-3-8-4-6-12(2)9(8)11-7-10/h3,5,7H,4,6,13H2,1-2H3. The van der Waals surface area contributed by atoms with Crippen LogP contribution in [0.5, 0.6) is 0 Å². The molecule has 0 saturated heterocycles. The summed E-state index contributed by atoms with van der Waals surface area (Å²) in [6.45, 7) is 3.24. The van der Waals surface area contributed by atoms with Crippen LogP contribution >= 0.6 is 9.24 Å². The highest BCUT2D eigenvalue weighted by Gasteiger charge is 2.21. The van der Waals surface area contributed by atoms with E-state index in [-0.39, 0.29) is 5.16 Å². The monoisotopic (exact) mass is 194 g/mol. The molecule has 3 heteroatoms. The maximum absolute atomic E-state index is 4.52. The smallest absolute Gasteiger partial charge is 0.131 e. The molecule has 2 aliphatic rings. The number of allylic oxidation sites excluding steroid dienone is 2. The van der Waals surface area contributed by atoms with Crippen LogP contribution in [-0.4, -0.2) is 29.9 Å². The molecule has 2 atom stereocenters. The lowest BCUT2D eigenvalue weighted by Crippen LogP contribution is -2.15. The van der Waals surface area contributed by atoms with Gasteiger partial charge in [-0.05, 0) is 18.9 Å². The predicted octanol–water partition coefficient (Wildman–Crippen LogP) is 1.81. The van der Waals surface area contributed by atoms with Gasteiger partial charge in [0, 0.05) is 25.0 Å². The van der Waals surface area contributed by atoms with Gasteiger partial charge >= 0.3 is 0 Å². The number of hydrogen-bond donors (Lipinski definition) is 0. The van der Waals surface area contributed by atoms with Gasteiger partial charge < -0.3 is 4.90 Å². The van der Waals surface area contributed by atoms with Crippen LogP contribution in [0.1, 0.15) is 13.3 Å². The highest BCUT2D eigenvalue weighted by Crippen LogP contribution is 2.29. The van der Waals surface area contributed by atoms with Crippen molar-refractivity contribution in [3.8, 4) is 0 Å². The third-order valence-corrected chi connectivity index (χ3v) is 2.82. The van der Waals surface area contributed by atoms with Gasteiger partial charge in [-0.15, -0.1) is 9.24 Å². The van der Waals surface area contributed by atoms with Crippen molar-refractivity contribution in [2.45, 2.75) is 18.5 Å². The van der Waals surface area contributed by atoms with Crippen molar-refractivity contribution >= 4 is 15.5 Å². The summed E-state index contributed by atoms with van der Waals surface area (Å²) < 4.78 is 0. The summed E-state index contributed by atoms with van der Waals surface area (Å²) in [6.07, 6.45) is 7.53. The van der Waals surface area contributed by atoms with E-state index >= 15 is 0 Å². The Balaban J connectivity index is 2.36. The second-order valence-electron chi connectivity index (χ2n) is 3.98. The first-order chi connectivity index (χ1) is 6.08. The molecule has 0 spiro atoms. The van der Waals surface area contributed by atoms with Crippen LogP contribution in [0.4, 0.5) is 0 Å². The van der Waals surface area contributed by atoms with Gasteiger partial charge in [0.2, 0.25) is 0 Å². The molecule has 0 saturated carbocycles. The number of hydrogen-bond acceptors (Lipinski definition) is 2. The summed E-state index contributed by atoms with van der Waals surface area (Å²) in [5, 5.41) is 0.0190. The third-order valence-electron chi connectivity index (χ3n) is 2.47. The van der Waals surface area contributed by atoms with Gasteiger partial charge in [0.1, 0.15) is 5.82 Å². The van der Waals surface area contributed by atoms with E-state index < -0.39 is 0 Å². The normalized spacial score (nSPS) is 32.4. The van der Waals surface area contributed by atoms with Gasteiger partial charge in [0.05, 0.1) is 0 Å². The zero-order valence-electron chi connectivity index (χ0n) is 8.12. The lowest BCUT2D eigenvalue weighted by molar-refractivity contribution is 0.455. The molecule has 0 aromatic carbocycles. The van der Waals surface area contributed by atoms with E-state index in [4.69, 9.17) is 0 Å². The molecule has 2 nitrogen and oxygen atoms in total. The topological polar surface area (TPSA) is 15.6 Å². The Morgan fingerprint density at radius 3 is 3.15 bits per heavy atom. The van der Waals surface area contributed by atoms with E-state index in [9.17, 15) is 0 Å². The Labute approximate surface area is 81.6 Å². The van der Waals surface area contributed by atoms with Crippen molar-refractivity contribution in [1.82, 2.24) is 4.90 Å². The number of aliphatic imine (C=N–C) groups is 1. The molecule has 0 aromatic rings. The maximum Gasteiger partial charge on any atom is 0.131 e. The minimum atomic E-state index is 0.0190. The van der Waals surface area contributed by atoms with Gasteiger partial charge in [-0.1, -0.05) is 12.2 Å². The largest absolute Gasteiger partial charge is 0.359 e. The summed E-state index contributed by atoms with van der Waals surface area (Å²) in [5.74, 6) is 1.14. The molecule has 0 amide bonds. The molecule has 2 rings (SSSR count). The molecule has 0 bridgehead atoms. The summed E-state index contributed by atoms with van der Waals surface area (Å²) in [7, 11) is 4.90. The average Bonchev–Trinajstić information content (AvgIpc) is 2.32. The van der Waals surface area contributed by atoms with Gasteiger partial charge in [-0.25, -0.2) is 4.99 Å². The van der Waals surface area contributed by atoms with Crippen LogP contribution in [-0.2, 0) is 0 Å². The molecule has 0 aromatic heterocycles. The molecule has 0 N–H and O–H groups in total. The first kappa shape index (κ1) is 8.96.